The molecule has 2 nitrogen and oxygen atoms in total. The summed E-state index contributed by atoms with van der Waals surface area (Å²) in [5.41, 5.74) is 2.36. The molecule has 1 heterocycles. The highest BCUT2D eigenvalue weighted by molar-refractivity contribution is 6.15. The van der Waals surface area contributed by atoms with Crippen LogP contribution in [0.1, 0.15) is 39.5 Å². The van der Waals surface area contributed by atoms with Gasteiger partial charge in [-0.3, -0.25) is 9.98 Å². The van der Waals surface area contributed by atoms with Crippen LogP contribution in [0.2, 0.25) is 0 Å². The molecule has 0 atom stereocenters. The van der Waals surface area contributed by atoms with Crippen LogP contribution in [0.15, 0.2) is 21.6 Å². The molecule has 0 amide bonds. The summed E-state index contributed by atoms with van der Waals surface area (Å²) in [6.45, 7) is 6.19. The molecule has 0 fully saturated rings. The summed E-state index contributed by atoms with van der Waals surface area (Å²) in [5, 5.41) is 0. The zero-order valence-electron chi connectivity index (χ0n) is 9.29. The van der Waals surface area contributed by atoms with Gasteiger partial charge in [0.15, 0.2) is 0 Å². The summed E-state index contributed by atoms with van der Waals surface area (Å²) in [4.78, 5) is 8.79. The van der Waals surface area contributed by atoms with Crippen LogP contribution in [0.5, 0.6) is 0 Å². The van der Waals surface area contributed by atoms with Crippen LogP contribution in [-0.4, -0.2) is 25.0 Å². The van der Waals surface area contributed by atoms with E-state index < -0.39 is 0 Å². The first-order valence-electron chi connectivity index (χ1n) is 5.56. The van der Waals surface area contributed by atoms with Crippen molar-refractivity contribution in [2.24, 2.45) is 9.98 Å². The Balaban J connectivity index is 2.35. The third-order valence-electron chi connectivity index (χ3n) is 2.38. The Kier molecular flexibility index (Phi) is 5.20. The van der Waals surface area contributed by atoms with E-state index in [2.05, 4.69) is 29.9 Å². The summed E-state index contributed by atoms with van der Waals surface area (Å²) in [6, 6.07) is 0. The third-order valence-corrected chi connectivity index (χ3v) is 2.38. The normalized spacial score (nSPS) is 17.0. The van der Waals surface area contributed by atoms with Gasteiger partial charge in [0.25, 0.3) is 0 Å². The van der Waals surface area contributed by atoms with Gasteiger partial charge in [-0.25, -0.2) is 0 Å². The molecule has 14 heavy (non-hydrogen) atoms. The van der Waals surface area contributed by atoms with Crippen LogP contribution >= 0.6 is 0 Å². The lowest BCUT2D eigenvalue weighted by atomic mass is 10.1. The highest BCUT2D eigenvalue weighted by Gasteiger charge is 2.00. The van der Waals surface area contributed by atoms with Crippen LogP contribution in [0.3, 0.4) is 0 Å². The lowest BCUT2D eigenvalue weighted by Crippen LogP contribution is -2.04. The van der Waals surface area contributed by atoms with Gasteiger partial charge >= 0.3 is 0 Å². The number of nitrogens with zero attached hydrogens (tertiary/aromatic N) is 2. The van der Waals surface area contributed by atoms with E-state index in [1.165, 1.54) is 24.8 Å². The van der Waals surface area contributed by atoms with Gasteiger partial charge in [0, 0.05) is 30.6 Å². The van der Waals surface area contributed by atoms with Gasteiger partial charge in [-0.2, -0.15) is 0 Å². The maximum Gasteiger partial charge on any atom is 0.0424 e. The van der Waals surface area contributed by atoms with Gasteiger partial charge in [0.1, 0.15) is 0 Å². The van der Waals surface area contributed by atoms with Gasteiger partial charge in [-0.05, 0) is 19.8 Å². The van der Waals surface area contributed by atoms with Crippen molar-refractivity contribution in [2.75, 3.05) is 13.1 Å². The Morgan fingerprint density at radius 3 is 3.00 bits per heavy atom. The summed E-state index contributed by atoms with van der Waals surface area (Å²) in [5.74, 6) is 0. The van der Waals surface area contributed by atoms with E-state index in [0.717, 1.165) is 25.2 Å². The highest BCUT2D eigenvalue weighted by Crippen LogP contribution is 2.04. The van der Waals surface area contributed by atoms with Crippen LogP contribution in [0, 0.1) is 0 Å². The fraction of sp³-hybridized carbons (Fsp3) is 0.667. The fourth-order valence-corrected chi connectivity index (χ4v) is 1.45. The monoisotopic (exact) mass is 192 g/mol. The average molecular weight is 192 g/mol. The Bertz CT molecular complexity index is 249. The van der Waals surface area contributed by atoms with Gasteiger partial charge in [0.2, 0.25) is 0 Å². The SMILES string of the molecule is CCCCCN=C(C)C1=CCCN=C1. The molecular formula is C12H20N2. The first kappa shape index (κ1) is 11.2. The summed E-state index contributed by atoms with van der Waals surface area (Å²) in [7, 11) is 0. The maximum atomic E-state index is 4.54. The number of allylic oxidation sites excluding steroid dienone is 1. The number of hydrogen-bond acceptors (Lipinski definition) is 2. The summed E-state index contributed by atoms with van der Waals surface area (Å²) >= 11 is 0. The molecule has 78 valence electrons. The summed E-state index contributed by atoms with van der Waals surface area (Å²) < 4.78 is 0. The van der Waals surface area contributed by atoms with E-state index in [1.54, 1.807) is 0 Å². The number of unbranched alkanes of at least 4 members (excludes halogenated alkanes) is 2. The van der Waals surface area contributed by atoms with E-state index in [0.29, 0.717) is 0 Å². The van der Waals surface area contributed by atoms with Crippen LogP contribution in [0.4, 0.5) is 0 Å². The predicted octanol–water partition coefficient (Wildman–Crippen LogP) is 3.04. The van der Waals surface area contributed by atoms with Crippen molar-refractivity contribution >= 4 is 11.9 Å². The minimum Gasteiger partial charge on any atom is -0.292 e. The Hall–Kier alpha value is -0.920. The molecule has 0 N–H and O–H groups in total. The molecule has 0 radical (unpaired) electrons. The minimum absolute atomic E-state index is 0.937. The molecule has 0 saturated carbocycles. The molecule has 2 heteroatoms. The number of rotatable bonds is 5. The van der Waals surface area contributed by atoms with E-state index in [-0.39, 0.29) is 0 Å². The standard InChI is InChI=1S/C12H20N2/c1-3-4-5-9-14-11(2)12-7-6-8-13-10-12/h7,10H,3-6,8-9H2,1-2H3. The van der Waals surface area contributed by atoms with Crippen LogP contribution in [0.25, 0.3) is 0 Å². The molecular weight excluding hydrogens is 172 g/mol. The highest BCUT2D eigenvalue weighted by atomic mass is 14.8. The lowest BCUT2D eigenvalue weighted by molar-refractivity contribution is 0.728. The maximum absolute atomic E-state index is 4.54. The molecule has 0 aromatic carbocycles. The zero-order chi connectivity index (χ0) is 10.2. The molecule has 0 saturated heterocycles. The number of hydrogen-bond donors (Lipinski definition) is 0. The van der Waals surface area contributed by atoms with Crippen molar-refractivity contribution in [3.05, 3.63) is 11.6 Å². The molecule has 0 aromatic heterocycles. The second-order valence-electron chi connectivity index (χ2n) is 3.66. The molecule has 1 aliphatic heterocycles. The molecule has 0 aliphatic carbocycles. The summed E-state index contributed by atoms with van der Waals surface area (Å²) in [6.07, 6.45) is 8.99. The number of aliphatic imine (C=N–C) groups is 2. The molecule has 0 aromatic rings. The minimum atomic E-state index is 0.937. The Labute approximate surface area is 86.8 Å². The van der Waals surface area contributed by atoms with Gasteiger partial charge in [-0.15, -0.1) is 0 Å². The van der Waals surface area contributed by atoms with E-state index in [9.17, 15) is 0 Å². The Morgan fingerprint density at radius 2 is 2.36 bits per heavy atom. The van der Waals surface area contributed by atoms with Crippen LogP contribution < -0.4 is 0 Å². The predicted molar refractivity (Wildman–Crippen MR) is 63.6 cm³/mol. The largest absolute Gasteiger partial charge is 0.292 e. The van der Waals surface area contributed by atoms with Crippen molar-refractivity contribution in [3.8, 4) is 0 Å². The van der Waals surface area contributed by atoms with Crippen molar-refractivity contribution in [2.45, 2.75) is 39.5 Å². The molecule has 0 unspecified atom stereocenters. The van der Waals surface area contributed by atoms with E-state index in [1.807, 2.05) is 6.21 Å². The molecule has 0 bridgehead atoms. The molecule has 1 rings (SSSR count). The quantitative estimate of drug-likeness (QED) is 0.472. The third kappa shape index (κ3) is 3.86. The Morgan fingerprint density at radius 1 is 1.50 bits per heavy atom. The fourth-order valence-electron chi connectivity index (χ4n) is 1.45. The molecule has 1 aliphatic rings. The van der Waals surface area contributed by atoms with E-state index in [4.69, 9.17) is 0 Å². The van der Waals surface area contributed by atoms with Gasteiger partial charge in [-0.1, -0.05) is 25.8 Å². The van der Waals surface area contributed by atoms with Gasteiger partial charge in [0.05, 0.1) is 0 Å². The van der Waals surface area contributed by atoms with Crippen molar-refractivity contribution < 1.29 is 0 Å². The zero-order valence-corrected chi connectivity index (χ0v) is 9.29. The number of dihydropyridines is 1. The second kappa shape index (κ2) is 6.52. The lowest BCUT2D eigenvalue weighted by Gasteiger charge is -2.05. The van der Waals surface area contributed by atoms with Gasteiger partial charge < -0.3 is 0 Å². The van der Waals surface area contributed by atoms with E-state index >= 15 is 0 Å². The average Bonchev–Trinajstić information content (AvgIpc) is 2.25. The topological polar surface area (TPSA) is 24.7 Å². The smallest absolute Gasteiger partial charge is 0.0424 e. The van der Waals surface area contributed by atoms with Crippen LogP contribution in [-0.2, 0) is 0 Å². The first-order chi connectivity index (χ1) is 6.84. The van der Waals surface area contributed by atoms with Crippen molar-refractivity contribution in [3.63, 3.8) is 0 Å². The van der Waals surface area contributed by atoms with Crippen molar-refractivity contribution in [1.82, 2.24) is 0 Å². The molecule has 0 spiro atoms. The second-order valence-corrected chi connectivity index (χ2v) is 3.66. The van der Waals surface area contributed by atoms with Crippen molar-refractivity contribution in [1.29, 1.82) is 0 Å². The first-order valence-corrected chi connectivity index (χ1v) is 5.56.